The summed E-state index contributed by atoms with van der Waals surface area (Å²) in [6, 6.07) is 0.668. The molecular weight excluding hydrogens is 200 g/mol. The fourth-order valence-electron chi connectivity index (χ4n) is 2.39. The molecule has 0 aromatic heterocycles. The van der Waals surface area contributed by atoms with Crippen LogP contribution < -0.4 is 10.6 Å². The van der Waals surface area contributed by atoms with Gasteiger partial charge in [-0.15, -0.1) is 0 Å². The fraction of sp³-hybridized carbons (Fsp3) is 0.923. The van der Waals surface area contributed by atoms with Crippen LogP contribution in [-0.4, -0.2) is 24.5 Å². The molecule has 1 aliphatic rings. The Kier molecular flexibility index (Phi) is 4.78. The minimum absolute atomic E-state index is 0.0980. The van der Waals surface area contributed by atoms with E-state index in [4.69, 9.17) is 0 Å². The number of hydrogen-bond acceptors (Lipinski definition) is 2. The first-order valence-electron chi connectivity index (χ1n) is 6.39. The lowest BCUT2D eigenvalue weighted by molar-refractivity contribution is -0.123. The summed E-state index contributed by atoms with van der Waals surface area (Å²) < 4.78 is 0. The molecule has 0 heterocycles. The summed E-state index contributed by atoms with van der Waals surface area (Å²) in [5, 5.41) is 6.35. The van der Waals surface area contributed by atoms with E-state index in [0.717, 1.165) is 0 Å². The summed E-state index contributed by atoms with van der Waals surface area (Å²) >= 11 is 0. The van der Waals surface area contributed by atoms with Crippen LogP contribution in [0, 0.1) is 5.92 Å². The van der Waals surface area contributed by atoms with Crippen molar-refractivity contribution in [2.75, 3.05) is 7.05 Å². The Bertz CT molecular complexity index is 225. The smallest absolute Gasteiger partial charge is 0.220 e. The van der Waals surface area contributed by atoms with Crippen LogP contribution in [-0.2, 0) is 4.79 Å². The molecule has 0 bridgehead atoms. The van der Waals surface area contributed by atoms with Gasteiger partial charge in [-0.25, -0.2) is 0 Å². The van der Waals surface area contributed by atoms with Crippen LogP contribution >= 0.6 is 0 Å². The van der Waals surface area contributed by atoms with Gasteiger partial charge in [0.2, 0.25) is 5.91 Å². The maximum atomic E-state index is 11.8. The van der Waals surface area contributed by atoms with Crippen LogP contribution in [0.25, 0.3) is 0 Å². The molecule has 1 saturated carbocycles. The molecule has 3 nitrogen and oxygen atoms in total. The summed E-state index contributed by atoms with van der Waals surface area (Å²) in [5.74, 6) is 0.798. The highest BCUT2D eigenvalue weighted by Gasteiger charge is 2.23. The number of carbonyl (C=O) groups excluding carboxylic acids is 1. The Morgan fingerprint density at radius 3 is 2.19 bits per heavy atom. The molecule has 0 spiro atoms. The highest BCUT2D eigenvalue weighted by atomic mass is 16.1. The Morgan fingerprint density at radius 2 is 1.75 bits per heavy atom. The second kappa shape index (κ2) is 5.67. The molecule has 1 rings (SSSR count). The van der Waals surface area contributed by atoms with Gasteiger partial charge >= 0.3 is 0 Å². The third kappa shape index (κ3) is 4.97. The molecule has 0 atom stereocenters. The molecule has 0 aromatic carbocycles. The van der Waals surface area contributed by atoms with Crippen molar-refractivity contribution in [3.8, 4) is 0 Å². The predicted octanol–water partition coefficient (Wildman–Crippen LogP) is 2.07. The number of hydrogen-bond donors (Lipinski definition) is 2. The van der Waals surface area contributed by atoms with E-state index in [1.807, 2.05) is 27.8 Å². The molecule has 0 saturated heterocycles. The van der Waals surface area contributed by atoms with Gasteiger partial charge < -0.3 is 10.6 Å². The Balaban J connectivity index is 2.26. The largest absolute Gasteiger partial charge is 0.352 e. The van der Waals surface area contributed by atoms with Gasteiger partial charge in [0.1, 0.15) is 0 Å². The second-order valence-electron chi connectivity index (χ2n) is 6.01. The van der Waals surface area contributed by atoms with E-state index in [2.05, 4.69) is 10.6 Å². The fourth-order valence-corrected chi connectivity index (χ4v) is 2.39. The molecule has 94 valence electrons. The quantitative estimate of drug-likeness (QED) is 0.773. The molecule has 16 heavy (non-hydrogen) atoms. The molecule has 0 aromatic rings. The van der Waals surface area contributed by atoms with E-state index in [1.165, 1.54) is 25.7 Å². The maximum absolute atomic E-state index is 11.8. The van der Waals surface area contributed by atoms with Gasteiger partial charge in [-0.05, 0) is 59.4 Å². The summed E-state index contributed by atoms with van der Waals surface area (Å²) in [7, 11) is 2.03. The third-order valence-electron chi connectivity index (χ3n) is 3.24. The lowest BCUT2D eigenvalue weighted by atomic mass is 9.84. The van der Waals surface area contributed by atoms with Gasteiger partial charge in [-0.1, -0.05) is 0 Å². The molecule has 0 radical (unpaired) electrons. The Morgan fingerprint density at radius 1 is 1.19 bits per heavy atom. The van der Waals surface area contributed by atoms with E-state index >= 15 is 0 Å². The van der Waals surface area contributed by atoms with Crippen molar-refractivity contribution in [2.45, 2.75) is 64.5 Å². The van der Waals surface area contributed by atoms with E-state index in [9.17, 15) is 4.79 Å². The van der Waals surface area contributed by atoms with E-state index in [-0.39, 0.29) is 11.4 Å². The van der Waals surface area contributed by atoms with Gasteiger partial charge in [0.15, 0.2) is 0 Å². The Labute approximate surface area is 99.4 Å². The van der Waals surface area contributed by atoms with Crippen LogP contribution in [0.3, 0.4) is 0 Å². The van der Waals surface area contributed by atoms with Crippen molar-refractivity contribution in [3.05, 3.63) is 0 Å². The summed E-state index contributed by atoms with van der Waals surface area (Å²) in [5.41, 5.74) is -0.0980. The first-order valence-corrected chi connectivity index (χ1v) is 6.39. The molecular formula is C13H26N2O. The van der Waals surface area contributed by atoms with Crippen molar-refractivity contribution in [3.63, 3.8) is 0 Å². The van der Waals surface area contributed by atoms with E-state index < -0.39 is 0 Å². The molecule has 3 heteroatoms. The zero-order valence-corrected chi connectivity index (χ0v) is 11.1. The van der Waals surface area contributed by atoms with Crippen molar-refractivity contribution < 1.29 is 4.79 Å². The Hall–Kier alpha value is -0.570. The molecule has 1 fully saturated rings. The summed E-state index contributed by atoms with van der Waals surface area (Å²) in [4.78, 5) is 11.8. The number of nitrogens with one attached hydrogen (secondary N) is 2. The van der Waals surface area contributed by atoms with Crippen LogP contribution in [0.15, 0.2) is 0 Å². The van der Waals surface area contributed by atoms with Gasteiger partial charge in [-0.3, -0.25) is 4.79 Å². The van der Waals surface area contributed by atoms with Gasteiger partial charge in [0.05, 0.1) is 0 Å². The number of amides is 1. The van der Waals surface area contributed by atoms with Gasteiger partial charge in [-0.2, -0.15) is 0 Å². The van der Waals surface area contributed by atoms with Crippen LogP contribution in [0.1, 0.15) is 52.9 Å². The van der Waals surface area contributed by atoms with Crippen molar-refractivity contribution >= 4 is 5.91 Å². The van der Waals surface area contributed by atoms with Gasteiger partial charge in [0, 0.05) is 18.0 Å². The number of carbonyl (C=O) groups is 1. The highest BCUT2D eigenvalue weighted by molar-refractivity contribution is 5.76. The zero-order valence-electron chi connectivity index (χ0n) is 11.1. The summed E-state index contributed by atoms with van der Waals surface area (Å²) in [6.45, 7) is 6.09. The van der Waals surface area contributed by atoms with Crippen LogP contribution in [0.5, 0.6) is 0 Å². The zero-order chi connectivity index (χ0) is 12.2. The normalized spacial score (nSPS) is 26.5. The van der Waals surface area contributed by atoms with Crippen LogP contribution in [0.4, 0.5) is 0 Å². The van der Waals surface area contributed by atoms with Crippen molar-refractivity contribution in [1.82, 2.24) is 10.6 Å². The molecule has 1 amide bonds. The van der Waals surface area contributed by atoms with E-state index in [1.54, 1.807) is 0 Å². The molecule has 2 N–H and O–H groups in total. The molecule has 0 unspecified atom stereocenters. The summed E-state index contributed by atoms with van der Waals surface area (Å²) in [6.07, 6.45) is 5.49. The first kappa shape index (κ1) is 13.5. The molecule has 0 aliphatic heterocycles. The minimum atomic E-state index is -0.0980. The second-order valence-corrected chi connectivity index (χ2v) is 6.01. The topological polar surface area (TPSA) is 41.1 Å². The average Bonchev–Trinajstić information content (AvgIpc) is 2.16. The lowest BCUT2D eigenvalue weighted by Crippen LogP contribution is -2.41. The minimum Gasteiger partial charge on any atom is -0.352 e. The highest BCUT2D eigenvalue weighted by Crippen LogP contribution is 2.26. The molecule has 1 aliphatic carbocycles. The monoisotopic (exact) mass is 226 g/mol. The number of rotatable bonds is 3. The SMILES string of the molecule is CNC1CCC(CC(=O)NC(C)(C)C)CC1. The van der Waals surface area contributed by atoms with Crippen LogP contribution in [0.2, 0.25) is 0 Å². The predicted molar refractivity (Wildman–Crippen MR) is 67.3 cm³/mol. The first-order chi connectivity index (χ1) is 7.40. The van der Waals surface area contributed by atoms with Gasteiger partial charge in [0.25, 0.3) is 0 Å². The average molecular weight is 226 g/mol. The van der Waals surface area contributed by atoms with Crippen molar-refractivity contribution in [2.24, 2.45) is 5.92 Å². The third-order valence-corrected chi connectivity index (χ3v) is 3.24. The lowest BCUT2D eigenvalue weighted by Gasteiger charge is -2.29. The standard InChI is InChI=1S/C13H26N2O/c1-13(2,3)15-12(16)9-10-5-7-11(14-4)8-6-10/h10-11,14H,5-9H2,1-4H3,(H,15,16). The van der Waals surface area contributed by atoms with Crippen molar-refractivity contribution in [1.29, 1.82) is 0 Å². The maximum Gasteiger partial charge on any atom is 0.220 e. The van der Waals surface area contributed by atoms with E-state index in [0.29, 0.717) is 18.4 Å².